The van der Waals surface area contributed by atoms with Gasteiger partial charge in [-0.1, -0.05) is 13.8 Å². The molecule has 0 aliphatic heterocycles. The number of aromatic amines is 1. The molecule has 0 fully saturated rings. The molecule has 0 aliphatic rings. The van der Waals surface area contributed by atoms with E-state index in [0.29, 0.717) is 5.69 Å². The summed E-state index contributed by atoms with van der Waals surface area (Å²) in [6.45, 7) is 3.04. The van der Waals surface area contributed by atoms with E-state index in [9.17, 15) is 33.9 Å². The number of aromatic nitrogens is 2. The average Bonchev–Trinajstić information content (AvgIpc) is 3.25. The number of aliphatic carboxylic acids is 3. The lowest BCUT2D eigenvalue weighted by molar-refractivity contribution is -0.144. The predicted octanol–water partition coefficient (Wildman–Crippen LogP) is -2.19. The number of amides is 3. The molecule has 9 N–H and O–H groups in total. The van der Waals surface area contributed by atoms with Crippen molar-refractivity contribution in [3.05, 3.63) is 18.2 Å². The summed E-state index contributed by atoms with van der Waals surface area (Å²) in [7, 11) is 0. The SMILES string of the molecule is CC(C)C(NC(=O)C(CC(=O)O)NC(=O)C(CCC(=O)O)NC(=O)C(N)Cc1cnc[nH]1)C(=O)O. The molecule has 0 bridgehead atoms. The van der Waals surface area contributed by atoms with Crippen LogP contribution in [0.2, 0.25) is 0 Å². The second-order valence-electron chi connectivity index (χ2n) is 8.11. The number of H-pyrrole nitrogens is 1. The maximum Gasteiger partial charge on any atom is 0.326 e. The minimum Gasteiger partial charge on any atom is -0.481 e. The first-order valence-electron chi connectivity index (χ1n) is 10.6. The van der Waals surface area contributed by atoms with Crippen LogP contribution in [0.1, 0.15) is 38.8 Å². The second-order valence-corrected chi connectivity index (χ2v) is 8.11. The zero-order valence-corrected chi connectivity index (χ0v) is 19.2. The second kappa shape index (κ2) is 13.6. The maximum atomic E-state index is 12.8. The molecule has 1 heterocycles. The smallest absolute Gasteiger partial charge is 0.326 e. The van der Waals surface area contributed by atoms with Crippen LogP contribution in [0.4, 0.5) is 0 Å². The first-order chi connectivity index (χ1) is 16.3. The van der Waals surface area contributed by atoms with E-state index in [4.69, 9.17) is 15.9 Å². The Balaban J connectivity index is 2.99. The van der Waals surface area contributed by atoms with Crippen LogP contribution in [0.5, 0.6) is 0 Å². The summed E-state index contributed by atoms with van der Waals surface area (Å²) in [4.78, 5) is 78.0. The number of rotatable bonds is 15. The number of nitrogens with two attached hydrogens (primary N) is 1. The topological polar surface area (TPSA) is 254 Å². The molecule has 194 valence electrons. The first kappa shape index (κ1) is 29.0. The van der Waals surface area contributed by atoms with E-state index >= 15 is 0 Å². The van der Waals surface area contributed by atoms with Crippen LogP contribution < -0.4 is 21.7 Å². The Morgan fingerprint density at radius 3 is 2.03 bits per heavy atom. The standard InChI is InChI=1S/C20H30N6O9/c1-9(2)16(20(34)35)26-19(33)13(6-15(29)30)25-18(32)12(3-4-14(27)28)24-17(31)11(21)5-10-7-22-8-23-10/h7-9,11-13,16H,3-6,21H2,1-2H3,(H,22,23)(H,24,31)(H,25,32)(H,26,33)(H,27,28)(H,29,30)(H,34,35). The van der Waals surface area contributed by atoms with Crippen molar-refractivity contribution in [1.29, 1.82) is 0 Å². The molecular formula is C20H30N6O9. The van der Waals surface area contributed by atoms with Gasteiger partial charge in [-0.2, -0.15) is 0 Å². The highest BCUT2D eigenvalue weighted by Gasteiger charge is 2.32. The molecule has 15 heteroatoms. The van der Waals surface area contributed by atoms with Gasteiger partial charge in [0.05, 0.1) is 18.8 Å². The number of nitrogens with zero attached hydrogens (tertiary/aromatic N) is 1. The Morgan fingerprint density at radius 2 is 1.54 bits per heavy atom. The van der Waals surface area contributed by atoms with Gasteiger partial charge >= 0.3 is 17.9 Å². The summed E-state index contributed by atoms with van der Waals surface area (Å²) in [5.74, 6) is -7.53. The highest BCUT2D eigenvalue weighted by atomic mass is 16.4. The fourth-order valence-electron chi connectivity index (χ4n) is 2.96. The van der Waals surface area contributed by atoms with Crippen LogP contribution >= 0.6 is 0 Å². The lowest BCUT2D eigenvalue weighted by Crippen LogP contribution is -2.58. The van der Waals surface area contributed by atoms with Crippen molar-refractivity contribution in [1.82, 2.24) is 25.9 Å². The summed E-state index contributed by atoms with van der Waals surface area (Å²) >= 11 is 0. The molecule has 0 saturated carbocycles. The van der Waals surface area contributed by atoms with Gasteiger partial charge in [0.1, 0.15) is 18.1 Å². The third-order valence-corrected chi connectivity index (χ3v) is 4.85. The maximum absolute atomic E-state index is 12.8. The number of nitrogens with one attached hydrogen (secondary N) is 4. The van der Waals surface area contributed by atoms with E-state index in [1.54, 1.807) is 0 Å². The van der Waals surface area contributed by atoms with E-state index in [1.807, 2.05) is 0 Å². The van der Waals surface area contributed by atoms with Gasteiger partial charge in [-0.25, -0.2) is 9.78 Å². The molecule has 4 unspecified atom stereocenters. The van der Waals surface area contributed by atoms with Crippen molar-refractivity contribution in [2.45, 2.75) is 63.7 Å². The van der Waals surface area contributed by atoms with E-state index in [1.165, 1.54) is 26.4 Å². The van der Waals surface area contributed by atoms with Crippen LogP contribution in [-0.4, -0.2) is 85.1 Å². The molecule has 35 heavy (non-hydrogen) atoms. The summed E-state index contributed by atoms with van der Waals surface area (Å²) in [5.41, 5.74) is 6.37. The van der Waals surface area contributed by atoms with Gasteiger partial charge in [-0.3, -0.25) is 24.0 Å². The normalized spacial score (nSPS) is 14.3. The summed E-state index contributed by atoms with van der Waals surface area (Å²) in [6.07, 6.45) is 1.06. The number of carbonyl (C=O) groups is 6. The molecule has 0 aliphatic carbocycles. The molecule has 0 radical (unpaired) electrons. The zero-order valence-electron chi connectivity index (χ0n) is 19.2. The van der Waals surface area contributed by atoms with Gasteiger partial charge < -0.3 is 42.0 Å². The summed E-state index contributed by atoms with van der Waals surface area (Å²) in [5, 5.41) is 34.0. The number of carbonyl (C=O) groups excluding carboxylic acids is 3. The van der Waals surface area contributed by atoms with Crippen LogP contribution in [0.15, 0.2) is 12.5 Å². The fourth-order valence-corrected chi connectivity index (χ4v) is 2.96. The number of imidazole rings is 1. The molecule has 0 spiro atoms. The minimum absolute atomic E-state index is 0.0366. The highest BCUT2D eigenvalue weighted by molar-refractivity contribution is 5.95. The van der Waals surface area contributed by atoms with E-state index < -0.39 is 78.6 Å². The van der Waals surface area contributed by atoms with Gasteiger partial charge in [-0.15, -0.1) is 0 Å². The van der Waals surface area contributed by atoms with Gasteiger partial charge in [0.15, 0.2) is 0 Å². The summed E-state index contributed by atoms with van der Waals surface area (Å²) < 4.78 is 0. The van der Waals surface area contributed by atoms with Gasteiger partial charge in [-0.05, 0) is 12.3 Å². The van der Waals surface area contributed by atoms with Crippen molar-refractivity contribution < 1.29 is 44.1 Å². The Morgan fingerprint density at radius 1 is 0.943 bits per heavy atom. The molecule has 1 aromatic rings. The van der Waals surface area contributed by atoms with Crippen molar-refractivity contribution in [2.24, 2.45) is 11.7 Å². The number of hydrogen-bond donors (Lipinski definition) is 8. The lowest BCUT2D eigenvalue weighted by atomic mass is 10.0. The Hall–Kier alpha value is -4.01. The largest absolute Gasteiger partial charge is 0.481 e. The Kier molecular flexibility index (Phi) is 11.3. The molecule has 15 nitrogen and oxygen atoms in total. The molecule has 1 aromatic heterocycles. The van der Waals surface area contributed by atoms with Crippen molar-refractivity contribution in [3.63, 3.8) is 0 Å². The quantitative estimate of drug-likeness (QED) is 0.129. The minimum atomic E-state index is -1.69. The fraction of sp³-hybridized carbons (Fsp3) is 0.550. The van der Waals surface area contributed by atoms with E-state index in [0.717, 1.165) is 0 Å². The van der Waals surface area contributed by atoms with Crippen LogP contribution in [0, 0.1) is 5.92 Å². The molecule has 1 rings (SSSR count). The Bertz CT molecular complexity index is 918. The predicted molar refractivity (Wildman–Crippen MR) is 118 cm³/mol. The average molecular weight is 498 g/mol. The van der Waals surface area contributed by atoms with Gasteiger partial charge in [0.2, 0.25) is 17.7 Å². The zero-order chi connectivity index (χ0) is 26.7. The lowest BCUT2D eigenvalue weighted by Gasteiger charge is -2.25. The highest BCUT2D eigenvalue weighted by Crippen LogP contribution is 2.06. The van der Waals surface area contributed by atoms with Crippen molar-refractivity contribution in [2.75, 3.05) is 0 Å². The Labute approximate surface area is 199 Å². The summed E-state index contributed by atoms with van der Waals surface area (Å²) in [6, 6.07) is -5.63. The molecule has 4 atom stereocenters. The molecule has 0 saturated heterocycles. The van der Waals surface area contributed by atoms with Gasteiger partial charge in [0, 0.05) is 24.7 Å². The van der Waals surface area contributed by atoms with E-state index in [2.05, 4.69) is 25.9 Å². The first-order valence-corrected chi connectivity index (χ1v) is 10.6. The van der Waals surface area contributed by atoms with E-state index in [-0.39, 0.29) is 12.8 Å². The van der Waals surface area contributed by atoms with Crippen LogP contribution in [0.25, 0.3) is 0 Å². The molecular weight excluding hydrogens is 468 g/mol. The number of carboxylic acids is 3. The molecule has 0 aromatic carbocycles. The number of hydrogen-bond acceptors (Lipinski definition) is 8. The monoisotopic (exact) mass is 498 g/mol. The number of carboxylic acid groups (broad SMARTS) is 3. The van der Waals surface area contributed by atoms with Gasteiger partial charge in [0.25, 0.3) is 0 Å². The third-order valence-electron chi connectivity index (χ3n) is 4.85. The van der Waals surface area contributed by atoms with Crippen molar-refractivity contribution in [3.8, 4) is 0 Å². The van der Waals surface area contributed by atoms with Crippen LogP contribution in [0.3, 0.4) is 0 Å². The van der Waals surface area contributed by atoms with Crippen molar-refractivity contribution >= 4 is 35.6 Å². The third kappa shape index (κ3) is 10.2. The van der Waals surface area contributed by atoms with Crippen LogP contribution in [-0.2, 0) is 35.2 Å². The molecule has 3 amide bonds.